The number of benzene rings is 1. The smallest absolute Gasteiger partial charge is 0.305 e. The van der Waals surface area contributed by atoms with Crippen molar-refractivity contribution in [2.45, 2.75) is 12.5 Å². The molecule has 0 aromatic heterocycles. The fourth-order valence-corrected chi connectivity index (χ4v) is 2.52. The molecule has 1 heterocycles. The summed E-state index contributed by atoms with van der Waals surface area (Å²) in [7, 11) is 0. The minimum absolute atomic E-state index is 0.129. The van der Waals surface area contributed by atoms with Gasteiger partial charge in [-0.1, -0.05) is 11.6 Å². The first kappa shape index (κ1) is 15.3. The molecule has 0 spiro atoms. The summed E-state index contributed by atoms with van der Waals surface area (Å²) in [6, 6.07) is 4.48. The Morgan fingerprint density at radius 2 is 2.25 bits per heavy atom. The van der Waals surface area contributed by atoms with Crippen LogP contribution in [0, 0.1) is 0 Å². The zero-order valence-corrected chi connectivity index (χ0v) is 12.9. The molecular formula is C13H13BrClNO4. The largest absolute Gasteiger partial charge is 0.481 e. The van der Waals surface area contributed by atoms with E-state index in [1.165, 1.54) is 4.90 Å². The van der Waals surface area contributed by atoms with Gasteiger partial charge in [0.25, 0.3) is 5.91 Å². The molecule has 1 aliphatic rings. The number of amides is 1. The molecule has 0 bridgehead atoms. The van der Waals surface area contributed by atoms with Gasteiger partial charge in [0, 0.05) is 16.6 Å². The Morgan fingerprint density at radius 3 is 2.90 bits per heavy atom. The number of morpholine rings is 1. The second-order valence-corrected chi connectivity index (χ2v) is 5.72. The number of nitrogens with zero attached hydrogens (tertiary/aromatic N) is 1. The van der Waals surface area contributed by atoms with Crippen LogP contribution < -0.4 is 0 Å². The SMILES string of the molecule is O=C(O)CC1COCCN1C(=O)c1ccc(Br)c(Cl)c1. The fraction of sp³-hybridized carbons (Fsp3) is 0.385. The minimum atomic E-state index is -0.952. The van der Waals surface area contributed by atoms with Gasteiger partial charge in [0.1, 0.15) is 0 Å². The Bertz CT molecular complexity index is 537. The summed E-state index contributed by atoms with van der Waals surface area (Å²) in [6.07, 6.45) is -0.129. The van der Waals surface area contributed by atoms with Crippen molar-refractivity contribution in [2.75, 3.05) is 19.8 Å². The predicted octanol–water partition coefficient (Wildman–Crippen LogP) is 2.42. The monoisotopic (exact) mass is 361 g/mol. The van der Waals surface area contributed by atoms with Crippen LogP contribution >= 0.6 is 27.5 Å². The molecule has 1 aromatic carbocycles. The van der Waals surface area contributed by atoms with Gasteiger partial charge in [0.2, 0.25) is 0 Å². The Hall–Kier alpha value is -1.11. The van der Waals surface area contributed by atoms with Crippen molar-refractivity contribution in [3.05, 3.63) is 33.3 Å². The molecule has 0 radical (unpaired) electrons. The van der Waals surface area contributed by atoms with Gasteiger partial charge in [0.05, 0.1) is 30.7 Å². The van der Waals surface area contributed by atoms with Gasteiger partial charge in [-0.05, 0) is 34.1 Å². The molecule has 1 aliphatic heterocycles. The Balaban J connectivity index is 2.20. The molecule has 1 amide bonds. The normalized spacial score (nSPS) is 18.9. The molecule has 7 heteroatoms. The van der Waals surface area contributed by atoms with Crippen molar-refractivity contribution in [3.8, 4) is 0 Å². The van der Waals surface area contributed by atoms with E-state index in [4.69, 9.17) is 21.4 Å². The lowest BCUT2D eigenvalue weighted by Crippen LogP contribution is -2.49. The minimum Gasteiger partial charge on any atom is -0.481 e. The van der Waals surface area contributed by atoms with Crippen LogP contribution in [-0.2, 0) is 9.53 Å². The number of hydrogen-bond acceptors (Lipinski definition) is 3. The molecule has 1 fully saturated rings. The maximum atomic E-state index is 12.5. The van der Waals surface area contributed by atoms with Crippen molar-refractivity contribution >= 4 is 39.4 Å². The lowest BCUT2D eigenvalue weighted by atomic mass is 10.1. The van der Waals surface area contributed by atoms with Crippen molar-refractivity contribution < 1.29 is 19.4 Å². The quantitative estimate of drug-likeness (QED) is 0.897. The van der Waals surface area contributed by atoms with Crippen LogP contribution in [0.5, 0.6) is 0 Å². The molecule has 1 aromatic rings. The van der Waals surface area contributed by atoms with Crippen LogP contribution in [0.4, 0.5) is 0 Å². The van der Waals surface area contributed by atoms with Crippen molar-refractivity contribution in [1.82, 2.24) is 4.90 Å². The molecule has 5 nitrogen and oxygen atoms in total. The molecule has 1 atom stereocenters. The molecule has 1 N–H and O–H groups in total. The third-order valence-corrected chi connectivity index (χ3v) is 4.30. The van der Waals surface area contributed by atoms with Crippen molar-refractivity contribution in [3.63, 3.8) is 0 Å². The number of aliphatic carboxylic acids is 1. The summed E-state index contributed by atoms with van der Waals surface area (Å²) >= 11 is 9.25. The zero-order valence-electron chi connectivity index (χ0n) is 10.5. The molecule has 0 aliphatic carbocycles. The number of carbonyl (C=O) groups is 2. The van der Waals surface area contributed by atoms with E-state index in [0.717, 1.165) is 0 Å². The van der Waals surface area contributed by atoms with E-state index in [0.29, 0.717) is 28.2 Å². The van der Waals surface area contributed by atoms with Crippen LogP contribution in [0.2, 0.25) is 5.02 Å². The highest BCUT2D eigenvalue weighted by Crippen LogP contribution is 2.24. The van der Waals surface area contributed by atoms with Crippen LogP contribution in [-0.4, -0.2) is 47.7 Å². The number of carboxylic acids is 1. The molecule has 1 unspecified atom stereocenters. The molecule has 2 rings (SSSR count). The zero-order chi connectivity index (χ0) is 14.7. The van der Waals surface area contributed by atoms with E-state index in [9.17, 15) is 9.59 Å². The Labute approximate surface area is 129 Å². The maximum Gasteiger partial charge on any atom is 0.305 e. The van der Waals surface area contributed by atoms with Crippen LogP contribution in [0.3, 0.4) is 0 Å². The number of carboxylic acid groups (broad SMARTS) is 1. The van der Waals surface area contributed by atoms with Crippen molar-refractivity contribution in [1.29, 1.82) is 0 Å². The summed E-state index contributed by atoms with van der Waals surface area (Å²) < 4.78 is 5.96. The molecule has 1 saturated heterocycles. The predicted molar refractivity (Wildman–Crippen MR) is 77.0 cm³/mol. The van der Waals surface area contributed by atoms with Crippen molar-refractivity contribution in [2.24, 2.45) is 0 Å². The lowest BCUT2D eigenvalue weighted by molar-refractivity contribution is -0.139. The molecule has 0 saturated carbocycles. The van der Waals surface area contributed by atoms with Crippen LogP contribution in [0.15, 0.2) is 22.7 Å². The van der Waals surface area contributed by atoms with Gasteiger partial charge in [0.15, 0.2) is 0 Å². The summed E-state index contributed by atoms with van der Waals surface area (Å²) in [4.78, 5) is 24.8. The topological polar surface area (TPSA) is 66.8 Å². The number of rotatable bonds is 3. The summed E-state index contributed by atoms with van der Waals surface area (Å²) in [5.41, 5.74) is 0.440. The highest BCUT2D eigenvalue weighted by molar-refractivity contribution is 9.10. The molecule has 108 valence electrons. The van der Waals surface area contributed by atoms with Crippen LogP contribution in [0.25, 0.3) is 0 Å². The van der Waals surface area contributed by atoms with Gasteiger partial charge in [-0.25, -0.2) is 0 Å². The fourth-order valence-electron chi connectivity index (χ4n) is 2.09. The average Bonchev–Trinajstić information content (AvgIpc) is 2.41. The number of hydrogen-bond donors (Lipinski definition) is 1. The van der Waals surface area contributed by atoms with Gasteiger partial charge in [-0.15, -0.1) is 0 Å². The highest BCUT2D eigenvalue weighted by Gasteiger charge is 2.29. The van der Waals surface area contributed by atoms with E-state index < -0.39 is 12.0 Å². The third-order valence-electron chi connectivity index (χ3n) is 3.07. The van der Waals surface area contributed by atoms with E-state index in [1.807, 2.05) is 0 Å². The van der Waals surface area contributed by atoms with E-state index in [-0.39, 0.29) is 18.9 Å². The summed E-state index contributed by atoms with van der Waals surface area (Å²) in [5, 5.41) is 9.34. The first-order valence-corrected chi connectivity index (χ1v) is 7.21. The van der Waals surface area contributed by atoms with Gasteiger partial charge in [-0.3, -0.25) is 9.59 Å². The van der Waals surface area contributed by atoms with Gasteiger partial charge < -0.3 is 14.7 Å². The van der Waals surface area contributed by atoms with E-state index in [1.54, 1.807) is 18.2 Å². The number of carbonyl (C=O) groups excluding carboxylic acids is 1. The summed E-state index contributed by atoms with van der Waals surface area (Å²) in [5.74, 6) is -1.18. The second-order valence-electron chi connectivity index (χ2n) is 4.45. The third kappa shape index (κ3) is 3.50. The maximum absolute atomic E-state index is 12.5. The van der Waals surface area contributed by atoms with Gasteiger partial charge >= 0.3 is 5.97 Å². The first-order chi connectivity index (χ1) is 9.49. The standard InChI is InChI=1S/C13H13BrClNO4/c14-10-2-1-8(5-11(10)15)13(19)16-3-4-20-7-9(16)6-12(17)18/h1-2,5,9H,3-4,6-7H2,(H,17,18). The molecular weight excluding hydrogens is 350 g/mol. The van der Waals surface area contributed by atoms with E-state index in [2.05, 4.69) is 15.9 Å². The van der Waals surface area contributed by atoms with Crippen LogP contribution in [0.1, 0.15) is 16.8 Å². The summed E-state index contributed by atoms with van der Waals surface area (Å²) in [6.45, 7) is 1.03. The van der Waals surface area contributed by atoms with Gasteiger partial charge in [-0.2, -0.15) is 0 Å². The number of ether oxygens (including phenoxy) is 1. The lowest BCUT2D eigenvalue weighted by Gasteiger charge is -2.34. The van der Waals surface area contributed by atoms with E-state index >= 15 is 0 Å². The average molecular weight is 363 g/mol. The Morgan fingerprint density at radius 1 is 1.50 bits per heavy atom. The molecule has 20 heavy (non-hydrogen) atoms. The second kappa shape index (κ2) is 6.56. The highest BCUT2D eigenvalue weighted by atomic mass is 79.9. The first-order valence-electron chi connectivity index (χ1n) is 6.04. The number of halogens is 2. The Kier molecular flexibility index (Phi) is 5.01.